The van der Waals surface area contributed by atoms with Crippen molar-refractivity contribution in [3.05, 3.63) is 103 Å². The number of hydrogen-bond donors (Lipinski definition) is 0. The van der Waals surface area contributed by atoms with Crippen LogP contribution in [0, 0.1) is 0 Å². The van der Waals surface area contributed by atoms with Crippen LogP contribution in [-0.2, 0) is 4.79 Å². The summed E-state index contributed by atoms with van der Waals surface area (Å²) in [5.41, 5.74) is 1.24. The fraction of sp³-hybridized carbons (Fsp3) is 0.120. The second-order valence-corrected chi connectivity index (χ2v) is 11.8. The summed E-state index contributed by atoms with van der Waals surface area (Å²) in [6.07, 6.45) is 2.77. The molecule has 1 amide bonds. The fourth-order valence-corrected chi connectivity index (χ4v) is 9.27. The lowest BCUT2D eigenvalue weighted by Crippen LogP contribution is -2.49. The fourth-order valence-electron chi connectivity index (χ4n) is 4.08. The van der Waals surface area contributed by atoms with Crippen molar-refractivity contribution in [2.75, 3.05) is 5.75 Å². The van der Waals surface area contributed by atoms with Crippen molar-refractivity contribution in [1.82, 2.24) is 4.90 Å². The number of amides is 1. The van der Waals surface area contributed by atoms with Crippen LogP contribution in [0.3, 0.4) is 0 Å². The van der Waals surface area contributed by atoms with Crippen molar-refractivity contribution in [2.24, 2.45) is 0 Å². The molecule has 1 saturated heterocycles. The zero-order chi connectivity index (χ0) is 19.7. The van der Waals surface area contributed by atoms with Crippen LogP contribution in [0.25, 0.3) is 0 Å². The highest BCUT2D eigenvalue weighted by Gasteiger charge is 2.38. The van der Waals surface area contributed by atoms with E-state index in [9.17, 15) is 4.79 Å². The minimum Gasteiger partial charge on any atom is -0.306 e. The first-order valence-corrected chi connectivity index (χ1v) is 12.7. The SMILES string of the molecule is O=C1C[C@H]2SCC(C=P(c3ccccc3)(c3ccccc3)c3ccccc3)=CN12. The van der Waals surface area contributed by atoms with Gasteiger partial charge in [0.2, 0.25) is 5.91 Å². The van der Waals surface area contributed by atoms with E-state index in [4.69, 9.17) is 0 Å². The monoisotopic (exact) mass is 415 g/mol. The summed E-state index contributed by atoms with van der Waals surface area (Å²) in [6.45, 7) is -2.01. The third-order valence-electron chi connectivity index (χ3n) is 5.54. The molecule has 0 aromatic heterocycles. The summed E-state index contributed by atoms with van der Waals surface area (Å²) in [4.78, 5) is 14.0. The molecule has 0 spiro atoms. The van der Waals surface area contributed by atoms with Crippen molar-refractivity contribution >= 4 is 46.3 Å². The molecule has 3 aromatic carbocycles. The van der Waals surface area contributed by atoms with Crippen LogP contribution in [0.5, 0.6) is 0 Å². The average Bonchev–Trinajstić information content (AvgIpc) is 2.79. The maximum absolute atomic E-state index is 12.0. The molecule has 2 nitrogen and oxygen atoms in total. The van der Waals surface area contributed by atoms with Crippen LogP contribution in [0.1, 0.15) is 6.42 Å². The Morgan fingerprint density at radius 3 is 1.72 bits per heavy atom. The number of nitrogens with zero attached hydrogens (tertiary/aromatic N) is 1. The normalized spacial score (nSPS) is 18.5. The number of carbonyl (C=O) groups is 1. The van der Waals surface area contributed by atoms with Gasteiger partial charge in [-0.15, -0.1) is 11.8 Å². The molecule has 5 rings (SSSR count). The molecule has 144 valence electrons. The van der Waals surface area contributed by atoms with Gasteiger partial charge >= 0.3 is 0 Å². The Labute approximate surface area is 176 Å². The zero-order valence-electron chi connectivity index (χ0n) is 16.0. The van der Waals surface area contributed by atoms with E-state index >= 15 is 0 Å². The molecule has 1 atom stereocenters. The lowest BCUT2D eigenvalue weighted by molar-refractivity contribution is -0.137. The van der Waals surface area contributed by atoms with Crippen molar-refractivity contribution in [1.29, 1.82) is 0 Å². The van der Waals surface area contributed by atoms with Crippen LogP contribution in [-0.4, -0.2) is 27.7 Å². The summed E-state index contributed by atoms with van der Waals surface area (Å²) < 4.78 is 0. The molecule has 4 heteroatoms. The Morgan fingerprint density at radius 1 is 0.793 bits per heavy atom. The molecule has 3 aromatic rings. The van der Waals surface area contributed by atoms with Crippen LogP contribution in [0.15, 0.2) is 103 Å². The van der Waals surface area contributed by atoms with Gasteiger partial charge in [0.05, 0.1) is 11.8 Å². The van der Waals surface area contributed by atoms with E-state index in [1.54, 1.807) is 0 Å². The predicted octanol–water partition coefficient (Wildman–Crippen LogP) is 3.97. The van der Waals surface area contributed by atoms with Gasteiger partial charge in [-0.25, -0.2) is 0 Å². The molecule has 2 heterocycles. The van der Waals surface area contributed by atoms with E-state index in [2.05, 4.69) is 103 Å². The lowest BCUT2D eigenvalue weighted by atomic mass is 10.2. The van der Waals surface area contributed by atoms with E-state index in [0.29, 0.717) is 11.8 Å². The third-order valence-corrected chi connectivity index (χ3v) is 10.9. The minimum atomic E-state index is -2.01. The van der Waals surface area contributed by atoms with Crippen molar-refractivity contribution < 1.29 is 4.79 Å². The highest BCUT2D eigenvalue weighted by Crippen LogP contribution is 2.46. The second kappa shape index (κ2) is 7.74. The van der Waals surface area contributed by atoms with Crippen LogP contribution in [0.4, 0.5) is 0 Å². The number of β-lactam (4-membered cyclic amide) rings is 1. The molecule has 2 aliphatic rings. The summed E-state index contributed by atoms with van der Waals surface area (Å²) in [7, 11) is 0. The Morgan fingerprint density at radius 2 is 1.28 bits per heavy atom. The van der Waals surface area contributed by atoms with Crippen LogP contribution < -0.4 is 15.9 Å². The smallest absolute Gasteiger partial charge is 0.230 e. The van der Waals surface area contributed by atoms with Gasteiger partial charge in [-0.2, -0.15) is 0 Å². The maximum Gasteiger partial charge on any atom is 0.230 e. The zero-order valence-corrected chi connectivity index (χ0v) is 17.7. The van der Waals surface area contributed by atoms with Crippen LogP contribution >= 0.6 is 18.6 Å². The lowest BCUT2D eigenvalue weighted by Gasteiger charge is -2.41. The van der Waals surface area contributed by atoms with Crippen LogP contribution in [0.2, 0.25) is 0 Å². The molecule has 0 aliphatic carbocycles. The summed E-state index contributed by atoms with van der Waals surface area (Å²) in [5.74, 6) is 3.65. The molecular weight excluding hydrogens is 393 g/mol. The molecule has 1 fully saturated rings. The summed E-state index contributed by atoms with van der Waals surface area (Å²) in [6, 6.07) is 32.5. The molecule has 0 N–H and O–H groups in total. The topological polar surface area (TPSA) is 20.3 Å². The molecule has 0 unspecified atom stereocenters. The second-order valence-electron chi connectivity index (χ2n) is 7.33. The third kappa shape index (κ3) is 3.29. The van der Waals surface area contributed by atoms with E-state index in [0.717, 1.165) is 5.75 Å². The van der Waals surface area contributed by atoms with Gasteiger partial charge in [-0.1, -0.05) is 91.0 Å². The van der Waals surface area contributed by atoms with Crippen molar-refractivity contribution in [2.45, 2.75) is 11.8 Å². The first-order valence-electron chi connectivity index (χ1n) is 9.82. The van der Waals surface area contributed by atoms with Crippen molar-refractivity contribution in [3.63, 3.8) is 0 Å². The Hall–Kier alpha value is -2.48. The Bertz CT molecular complexity index is 1010. The van der Waals surface area contributed by atoms with E-state index in [1.807, 2.05) is 16.7 Å². The Kier molecular flexibility index (Phi) is 4.95. The highest BCUT2D eigenvalue weighted by molar-refractivity contribution is 8.00. The number of carbonyl (C=O) groups excluding carboxylic acids is 1. The van der Waals surface area contributed by atoms with Crippen molar-refractivity contribution in [3.8, 4) is 0 Å². The van der Waals surface area contributed by atoms with Gasteiger partial charge in [0.25, 0.3) is 0 Å². The van der Waals surface area contributed by atoms with Gasteiger partial charge in [-0.05, 0) is 34.2 Å². The maximum atomic E-state index is 12.0. The minimum absolute atomic E-state index is 0.233. The number of rotatable bonds is 4. The van der Waals surface area contributed by atoms with E-state index in [1.165, 1.54) is 21.5 Å². The molecular formula is C25H22NOPS. The number of benzene rings is 3. The predicted molar refractivity (Wildman–Crippen MR) is 127 cm³/mol. The van der Waals surface area contributed by atoms with Gasteiger partial charge < -0.3 is 4.90 Å². The first-order chi connectivity index (χ1) is 14.3. The van der Waals surface area contributed by atoms with Gasteiger partial charge in [-0.3, -0.25) is 4.79 Å². The quantitative estimate of drug-likeness (QED) is 0.475. The van der Waals surface area contributed by atoms with Gasteiger partial charge in [0.15, 0.2) is 0 Å². The number of thioether (sulfide) groups is 1. The highest BCUT2D eigenvalue weighted by atomic mass is 32.2. The standard InChI is InChI=1S/C25H22NOPS/c27-24-16-25-26(24)17-20(19-29-25)18-28(21-10-4-1-5-11-21,22-12-6-2-7-13-22)23-14-8-3-9-15-23/h1-15,17-18,25H,16,19H2/t25-/m1/s1. The molecule has 0 radical (unpaired) electrons. The largest absolute Gasteiger partial charge is 0.306 e. The molecule has 0 bridgehead atoms. The average molecular weight is 415 g/mol. The van der Waals surface area contributed by atoms with E-state index < -0.39 is 6.89 Å². The summed E-state index contributed by atoms with van der Waals surface area (Å²) >= 11 is 1.87. The number of fused-ring (bicyclic) bond motifs is 1. The van der Waals surface area contributed by atoms with Gasteiger partial charge in [0, 0.05) is 12.0 Å². The molecule has 0 saturated carbocycles. The first kappa shape index (κ1) is 18.5. The molecule has 29 heavy (non-hydrogen) atoms. The Balaban J connectivity index is 1.80. The summed E-state index contributed by atoms with van der Waals surface area (Å²) in [5, 5.41) is 4.33. The van der Waals surface area contributed by atoms with Gasteiger partial charge in [0.1, 0.15) is 0 Å². The van der Waals surface area contributed by atoms with E-state index in [-0.39, 0.29) is 5.91 Å². The molecule has 2 aliphatic heterocycles. The number of hydrogen-bond acceptors (Lipinski definition) is 2.